The molecular weight excluding hydrogens is 1130 g/mol. The molecule has 2 aliphatic rings. The summed E-state index contributed by atoms with van der Waals surface area (Å²) >= 11 is 0. The molecule has 2 atom stereocenters. The SMILES string of the molecule is Cc1nn(CC(=O)C[C@@H](Cc2cc(F)cc(F)c2)c2ncccc2-c2ccc(F)c(C(N)=O)c2)c2c1CCCCC2.NC(=O)c1cc(-c2cccnc2[C@@H](N)Cc2cc(F)cc(F)c2)ccc1F.O=C(O)Cn1nc(C(F)(F)F)c2c1CCCCC2. The number of rotatable bonds is 16. The zero-order valence-corrected chi connectivity index (χ0v) is 46.6. The molecule has 23 heteroatoms. The number of nitrogens with two attached hydrogens (primary N) is 3. The third-order valence-electron chi connectivity index (χ3n) is 14.9. The number of carbonyl (C=O) groups is 4. The van der Waals surface area contributed by atoms with Crippen molar-refractivity contribution in [2.75, 3.05) is 0 Å². The quantitative estimate of drug-likeness (QED) is 0.0528. The number of aliphatic carboxylic acids is 1. The number of hydrogen-bond acceptors (Lipinski definition) is 9. The number of alkyl halides is 3. The Balaban J connectivity index is 0.000000183. The van der Waals surface area contributed by atoms with Gasteiger partial charge in [-0.25, -0.2) is 26.3 Å². The highest BCUT2D eigenvalue weighted by Crippen LogP contribution is 2.37. The van der Waals surface area contributed by atoms with Gasteiger partial charge >= 0.3 is 12.1 Å². The van der Waals surface area contributed by atoms with Crippen LogP contribution in [0, 0.1) is 41.8 Å². The van der Waals surface area contributed by atoms with Crippen LogP contribution >= 0.6 is 0 Å². The number of carboxylic acid groups (broad SMARTS) is 1. The van der Waals surface area contributed by atoms with Crippen LogP contribution in [0.25, 0.3) is 22.3 Å². The van der Waals surface area contributed by atoms with Gasteiger partial charge in [-0.15, -0.1) is 0 Å². The molecule has 0 saturated carbocycles. The zero-order chi connectivity index (χ0) is 62.0. The Hall–Kier alpha value is -8.99. The van der Waals surface area contributed by atoms with Crippen LogP contribution in [0.5, 0.6) is 0 Å². The van der Waals surface area contributed by atoms with E-state index in [4.69, 9.17) is 22.3 Å². The van der Waals surface area contributed by atoms with Crippen LogP contribution in [0.1, 0.15) is 134 Å². The lowest BCUT2D eigenvalue weighted by molar-refractivity contribution is -0.143. The number of carboxylic acids is 1. The largest absolute Gasteiger partial charge is 0.480 e. The molecule has 2 amide bonds. The standard InChI is InChI=1S/C32H31F3N4O2.C20H16F3N3O.C11H13F3N2O2/c1-19-26-6-3-2-4-8-30(26)39(38-19)18-25(40)15-22(12-20-13-23(33)17-24(34)14-20)31-27(7-5-11-37-31)21-9-10-29(35)28(16-21)32(36)41;21-13-6-11(7-14(22)10-13)8-18(24)19-15(2-1-5-26-19)12-3-4-17(23)16(9-12)20(25)27;12-11(13,14)10-7-4-2-1-3-5-8(7)16(15-10)6-9(17)18/h5,7,9-11,13-14,16-17,22H,2-4,6,8,12,15,18H2,1H3,(H2,36,41);1-7,9-10,18H,8,24H2,(H2,25,27);1-6H2,(H,17,18)/t22-;18-;/m10./s1. The minimum Gasteiger partial charge on any atom is -0.480 e. The van der Waals surface area contributed by atoms with Crippen molar-refractivity contribution in [3.8, 4) is 22.3 Å². The summed E-state index contributed by atoms with van der Waals surface area (Å²) in [7, 11) is 0. The lowest BCUT2D eigenvalue weighted by Gasteiger charge is -2.20. The second-order valence-corrected chi connectivity index (χ2v) is 21.1. The van der Waals surface area contributed by atoms with Gasteiger partial charge in [0, 0.05) is 64.9 Å². The zero-order valence-electron chi connectivity index (χ0n) is 46.6. The maximum atomic E-state index is 14.2. The molecule has 86 heavy (non-hydrogen) atoms. The maximum Gasteiger partial charge on any atom is 0.435 e. The van der Waals surface area contributed by atoms with Gasteiger partial charge in [0.2, 0.25) is 0 Å². The van der Waals surface area contributed by atoms with Crippen molar-refractivity contribution in [3.63, 3.8) is 0 Å². The molecular formula is C63H60F9N9O5. The number of pyridine rings is 2. The van der Waals surface area contributed by atoms with Crippen molar-refractivity contribution >= 4 is 23.6 Å². The van der Waals surface area contributed by atoms with Gasteiger partial charge in [-0.2, -0.15) is 23.4 Å². The highest BCUT2D eigenvalue weighted by Gasteiger charge is 2.39. The number of halogens is 9. The molecule has 4 aromatic heterocycles. The van der Waals surface area contributed by atoms with Gasteiger partial charge in [0.05, 0.1) is 40.8 Å². The van der Waals surface area contributed by atoms with Crippen molar-refractivity contribution in [2.45, 2.75) is 122 Å². The maximum absolute atomic E-state index is 14.2. The van der Waals surface area contributed by atoms with Crippen molar-refractivity contribution < 1.29 is 63.8 Å². The smallest absolute Gasteiger partial charge is 0.435 e. The fourth-order valence-electron chi connectivity index (χ4n) is 11.1. The second-order valence-electron chi connectivity index (χ2n) is 21.1. The Morgan fingerprint density at radius 3 is 1.56 bits per heavy atom. The summed E-state index contributed by atoms with van der Waals surface area (Å²) in [5.74, 6) is -7.95. The molecule has 0 spiro atoms. The normalized spacial score (nSPS) is 13.8. The van der Waals surface area contributed by atoms with E-state index in [1.54, 1.807) is 35.1 Å². The van der Waals surface area contributed by atoms with E-state index in [-0.39, 0.29) is 48.3 Å². The van der Waals surface area contributed by atoms with Crippen molar-refractivity contribution in [2.24, 2.45) is 17.2 Å². The number of benzene rings is 4. The molecule has 8 aromatic rings. The number of fused-ring (bicyclic) bond motifs is 2. The van der Waals surface area contributed by atoms with Crippen molar-refractivity contribution in [1.29, 1.82) is 0 Å². The predicted molar refractivity (Wildman–Crippen MR) is 300 cm³/mol. The molecule has 4 heterocycles. The van der Waals surface area contributed by atoms with Crippen LogP contribution < -0.4 is 17.2 Å². The summed E-state index contributed by atoms with van der Waals surface area (Å²) < 4.78 is 124. The first kappa shape index (κ1) is 63.0. The van der Waals surface area contributed by atoms with E-state index in [0.717, 1.165) is 85.3 Å². The number of Topliss-reactive ketones (excluding diaryl/α,β-unsaturated/α-hetero) is 1. The van der Waals surface area contributed by atoms with Crippen LogP contribution in [-0.2, 0) is 67.4 Å². The van der Waals surface area contributed by atoms with Crippen LogP contribution in [0.15, 0.2) is 109 Å². The minimum atomic E-state index is -4.52. The van der Waals surface area contributed by atoms with Crippen LogP contribution in [0.4, 0.5) is 39.5 Å². The fraction of sp³-hybridized carbons (Fsp3) is 0.302. The summed E-state index contributed by atoms with van der Waals surface area (Å²) in [4.78, 5) is 56.3. The molecule has 4 aromatic carbocycles. The monoisotopic (exact) mass is 1190 g/mol. The Bertz CT molecular complexity index is 3770. The van der Waals surface area contributed by atoms with E-state index in [1.165, 1.54) is 60.3 Å². The molecule has 450 valence electrons. The van der Waals surface area contributed by atoms with Gasteiger partial charge in [0.1, 0.15) is 41.4 Å². The molecule has 14 nitrogen and oxygen atoms in total. The van der Waals surface area contributed by atoms with E-state index >= 15 is 0 Å². The summed E-state index contributed by atoms with van der Waals surface area (Å²) in [5.41, 5.74) is 23.0. The van der Waals surface area contributed by atoms with E-state index in [1.807, 2.05) is 6.92 Å². The van der Waals surface area contributed by atoms with Gasteiger partial charge in [-0.1, -0.05) is 37.1 Å². The average Bonchev–Trinajstić information content (AvgIpc) is 2.41. The molecule has 0 fully saturated rings. The van der Waals surface area contributed by atoms with E-state index in [9.17, 15) is 58.7 Å². The number of carbonyl (C=O) groups excluding carboxylic acids is 3. The summed E-state index contributed by atoms with van der Waals surface area (Å²) in [6.07, 6.45) is 7.09. The number of amides is 2. The van der Waals surface area contributed by atoms with Crippen molar-refractivity contribution in [1.82, 2.24) is 29.5 Å². The molecule has 0 bridgehead atoms. The molecule has 2 aliphatic carbocycles. The summed E-state index contributed by atoms with van der Waals surface area (Å²) in [5, 5.41) is 16.8. The first-order valence-corrected chi connectivity index (χ1v) is 27.6. The highest BCUT2D eigenvalue weighted by molar-refractivity contribution is 5.95. The third kappa shape index (κ3) is 15.8. The van der Waals surface area contributed by atoms with Gasteiger partial charge < -0.3 is 22.3 Å². The molecule has 7 N–H and O–H groups in total. The number of aromatic nitrogens is 6. The Kier molecular flexibility index (Phi) is 20.4. The average molecular weight is 1190 g/mol. The second kappa shape index (κ2) is 27.8. The van der Waals surface area contributed by atoms with E-state index in [2.05, 4.69) is 20.2 Å². The lowest BCUT2D eigenvalue weighted by Crippen LogP contribution is -2.19. The lowest BCUT2D eigenvalue weighted by atomic mass is 9.86. The van der Waals surface area contributed by atoms with Gasteiger partial charge in [-0.05, 0) is 160 Å². The molecule has 0 aliphatic heterocycles. The van der Waals surface area contributed by atoms with Gasteiger partial charge in [0.15, 0.2) is 11.5 Å². The first-order valence-electron chi connectivity index (χ1n) is 27.6. The van der Waals surface area contributed by atoms with Crippen LogP contribution in [0.2, 0.25) is 0 Å². The number of ketones is 1. The Morgan fingerprint density at radius 1 is 0.581 bits per heavy atom. The van der Waals surface area contributed by atoms with Gasteiger partial charge in [0.25, 0.3) is 11.8 Å². The molecule has 10 rings (SSSR count). The topological polar surface area (TPSA) is 228 Å². The van der Waals surface area contributed by atoms with Crippen LogP contribution in [-0.4, -0.2) is 58.2 Å². The number of nitrogens with zero attached hydrogens (tertiary/aromatic N) is 6. The molecule has 0 radical (unpaired) electrons. The van der Waals surface area contributed by atoms with Crippen LogP contribution in [0.3, 0.4) is 0 Å². The number of aryl methyl sites for hydroxylation is 1. The fourth-order valence-corrected chi connectivity index (χ4v) is 11.1. The van der Waals surface area contributed by atoms with E-state index < -0.39 is 83.1 Å². The minimum absolute atomic E-state index is 0.0275. The Morgan fingerprint density at radius 2 is 1.05 bits per heavy atom. The van der Waals surface area contributed by atoms with Gasteiger partial charge in [-0.3, -0.25) is 38.5 Å². The Labute approximate surface area is 488 Å². The molecule has 0 saturated heterocycles. The summed E-state index contributed by atoms with van der Waals surface area (Å²) in [6.45, 7) is 1.53. The number of hydrogen-bond donors (Lipinski definition) is 4. The predicted octanol–water partition coefficient (Wildman–Crippen LogP) is 11.8. The first-order chi connectivity index (χ1) is 40.9. The highest BCUT2D eigenvalue weighted by atomic mass is 19.4. The van der Waals surface area contributed by atoms with E-state index in [0.29, 0.717) is 69.7 Å². The number of primary amides is 2. The molecule has 0 unspecified atom stereocenters. The van der Waals surface area contributed by atoms with Crippen molar-refractivity contribution in [3.05, 3.63) is 212 Å². The third-order valence-corrected chi connectivity index (χ3v) is 14.9. The summed E-state index contributed by atoms with van der Waals surface area (Å²) in [6, 6.07) is 20.6.